The molecule has 18 heavy (non-hydrogen) atoms. The van der Waals surface area contributed by atoms with E-state index in [1.807, 2.05) is 12.1 Å². The Bertz CT molecular complexity index is 355. The van der Waals surface area contributed by atoms with E-state index >= 15 is 0 Å². The average Bonchev–Trinajstić information content (AvgIpc) is 2.42. The summed E-state index contributed by atoms with van der Waals surface area (Å²) in [5.74, 6) is 0. The van der Waals surface area contributed by atoms with Crippen LogP contribution in [0.25, 0.3) is 0 Å². The van der Waals surface area contributed by atoms with Gasteiger partial charge in [-0.1, -0.05) is 30.7 Å². The lowest BCUT2D eigenvalue weighted by molar-refractivity contribution is 0.142. The molecule has 2 nitrogen and oxygen atoms in total. The topological polar surface area (TPSA) is 15.3 Å². The van der Waals surface area contributed by atoms with E-state index in [2.05, 4.69) is 36.3 Å². The van der Waals surface area contributed by atoms with Crippen molar-refractivity contribution in [2.45, 2.75) is 38.3 Å². The van der Waals surface area contributed by atoms with Crippen molar-refractivity contribution in [1.82, 2.24) is 10.2 Å². The van der Waals surface area contributed by atoms with Crippen LogP contribution in [0, 0.1) is 0 Å². The van der Waals surface area contributed by atoms with Crippen LogP contribution >= 0.6 is 11.6 Å². The Balaban J connectivity index is 2.03. The zero-order valence-electron chi connectivity index (χ0n) is 11.3. The summed E-state index contributed by atoms with van der Waals surface area (Å²) in [5, 5.41) is 4.21. The molecule has 3 heteroatoms. The maximum Gasteiger partial charge on any atom is 0.0406 e. The summed E-state index contributed by atoms with van der Waals surface area (Å²) < 4.78 is 0. The summed E-state index contributed by atoms with van der Waals surface area (Å²) in [6, 6.07) is 9.57. The molecular formula is C15H23ClN2. The Labute approximate surface area is 115 Å². The van der Waals surface area contributed by atoms with Crippen molar-refractivity contribution in [3.05, 3.63) is 34.9 Å². The van der Waals surface area contributed by atoms with Crippen LogP contribution in [-0.2, 0) is 0 Å². The molecule has 1 aromatic rings. The third-order valence-corrected chi connectivity index (χ3v) is 4.27. The van der Waals surface area contributed by atoms with Gasteiger partial charge in [0.25, 0.3) is 0 Å². The lowest BCUT2D eigenvalue weighted by Gasteiger charge is -2.37. The summed E-state index contributed by atoms with van der Waals surface area (Å²) in [7, 11) is 2.07. The number of piperidine rings is 1. The largest absolute Gasteiger partial charge is 0.317 e. The van der Waals surface area contributed by atoms with Crippen LogP contribution in [0.3, 0.4) is 0 Å². The third-order valence-electron chi connectivity index (χ3n) is 4.02. The summed E-state index contributed by atoms with van der Waals surface area (Å²) in [4.78, 5) is 2.61. The molecule has 0 bridgehead atoms. The van der Waals surface area contributed by atoms with Gasteiger partial charge in [0, 0.05) is 30.2 Å². The number of likely N-dealkylation sites (tertiary alicyclic amines) is 1. The van der Waals surface area contributed by atoms with Gasteiger partial charge >= 0.3 is 0 Å². The molecule has 0 spiro atoms. The Morgan fingerprint density at radius 3 is 2.39 bits per heavy atom. The molecular weight excluding hydrogens is 244 g/mol. The predicted molar refractivity (Wildman–Crippen MR) is 78.1 cm³/mol. The summed E-state index contributed by atoms with van der Waals surface area (Å²) in [6.07, 6.45) is 3.66. The first-order valence-electron chi connectivity index (χ1n) is 6.91. The molecule has 0 aliphatic carbocycles. The molecule has 1 atom stereocenters. The summed E-state index contributed by atoms with van der Waals surface area (Å²) in [6.45, 7) is 4.64. The molecule has 1 unspecified atom stereocenters. The molecule has 1 aliphatic rings. The Morgan fingerprint density at radius 2 is 1.89 bits per heavy atom. The molecule has 100 valence electrons. The first-order chi connectivity index (χ1) is 8.74. The number of hydrogen-bond donors (Lipinski definition) is 1. The zero-order valence-corrected chi connectivity index (χ0v) is 12.1. The van der Waals surface area contributed by atoms with Crippen molar-refractivity contribution in [2.24, 2.45) is 0 Å². The number of benzene rings is 1. The highest BCUT2D eigenvalue weighted by molar-refractivity contribution is 6.30. The highest BCUT2D eigenvalue weighted by Gasteiger charge is 2.24. The second-order valence-corrected chi connectivity index (χ2v) is 5.51. The Kier molecular flexibility index (Phi) is 5.04. The normalized spacial score (nSPS) is 19.9. The van der Waals surface area contributed by atoms with Crippen LogP contribution in [0.1, 0.15) is 37.8 Å². The van der Waals surface area contributed by atoms with E-state index in [0.29, 0.717) is 12.1 Å². The summed E-state index contributed by atoms with van der Waals surface area (Å²) >= 11 is 5.96. The summed E-state index contributed by atoms with van der Waals surface area (Å²) in [5.41, 5.74) is 1.39. The van der Waals surface area contributed by atoms with Gasteiger partial charge in [-0.3, -0.25) is 4.90 Å². The maximum atomic E-state index is 5.96. The number of halogens is 1. The van der Waals surface area contributed by atoms with E-state index in [0.717, 1.165) is 11.4 Å². The van der Waals surface area contributed by atoms with Crippen LogP contribution in [-0.4, -0.2) is 31.1 Å². The minimum atomic E-state index is 0.542. The second-order valence-electron chi connectivity index (χ2n) is 5.07. The Morgan fingerprint density at radius 1 is 1.28 bits per heavy atom. The van der Waals surface area contributed by atoms with Gasteiger partial charge in [0.05, 0.1) is 0 Å². The predicted octanol–water partition coefficient (Wildman–Crippen LogP) is 3.47. The highest BCUT2D eigenvalue weighted by Crippen LogP contribution is 2.28. The van der Waals surface area contributed by atoms with E-state index in [1.54, 1.807) is 0 Å². The maximum absolute atomic E-state index is 5.96. The van der Waals surface area contributed by atoms with Crippen LogP contribution in [0.4, 0.5) is 0 Å². The highest BCUT2D eigenvalue weighted by atomic mass is 35.5. The van der Waals surface area contributed by atoms with Crippen molar-refractivity contribution >= 4 is 11.6 Å². The first kappa shape index (κ1) is 13.9. The van der Waals surface area contributed by atoms with Crippen molar-refractivity contribution in [3.8, 4) is 0 Å². The monoisotopic (exact) mass is 266 g/mol. The van der Waals surface area contributed by atoms with Gasteiger partial charge in [-0.25, -0.2) is 0 Å². The van der Waals surface area contributed by atoms with Gasteiger partial charge in [0.2, 0.25) is 0 Å². The molecule has 0 aromatic heterocycles. The molecule has 1 aromatic carbocycles. The molecule has 1 N–H and O–H groups in total. The van der Waals surface area contributed by atoms with Crippen LogP contribution < -0.4 is 5.32 Å². The lowest BCUT2D eigenvalue weighted by Crippen LogP contribution is -2.42. The fourth-order valence-electron chi connectivity index (χ4n) is 2.89. The first-order valence-corrected chi connectivity index (χ1v) is 7.29. The van der Waals surface area contributed by atoms with Crippen molar-refractivity contribution in [1.29, 1.82) is 0 Å². The van der Waals surface area contributed by atoms with Crippen LogP contribution in [0.2, 0.25) is 5.02 Å². The van der Waals surface area contributed by atoms with Crippen LogP contribution in [0.15, 0.2) is 24.3 Å². The van der Waals surface area contributed by atoms with E-state index in [9.17, 15) is 0 Å². The minimum Gasteiger partial charge on any atom is -0.317 e. The van der Waals surface area contributed by atoms with Crippen molar-refractivity contribution in [3.63, 3.8) is 0 Å². The quantitative estimate of drug-likeness (QED) is 0.898. The molecule has 1 saturated heterocycles. The van der Waals surface area contributed by atoms with Gasteiger partial charge in [-0.15, -0.1) is 0 Å². The van der Waals surface area contributed by atoms with Crippen LogP contribution in [0.5, 0.6) is 0 Å². The van der Waals surface area contributed by atoms with Crippen molar-refractivity contribution in [2.75, 3.05) is 20.1 Å². The molecule has 0 saturated carbocycles. The molecule has 0 amide bonds. The Hall–Kier alpha value is -0.570. The number of rotatable bonds is 4. The molecule has 1 heterocycles. The van der Waals surface area contributed by atoms with E-state index in [1.165, 1.54) is 31.5 Å². The van der Waals surface area contributed by atoms with Gasteiger partial charge in [0.15, 0.2) is 0 Å². The SMILES string of the molecule is CCC(c1ccc(Cl)cc1)N1CCC(NC)CC1. The smallest absolute Gasteiger partial charge is 0.0406 e. The molecule has 0 radical (unpaired) electrons. The minimum absolute atomic E-state index is 0.542. The number of nitrogens with zero attached hydrogens (tertiary/aromatic N) is 1. The van der Waals surface area contributed by atoms with Gasteiger partial charge in [-0.05, 0) is 44.0 Å². The number of nitrogens with one attached hydrogen (secondary N) is 1. The van der Waals surface area contributed by atoms with Gasteiger partial charge in [0.1, 0.15) is 0 Å². The van der Waals surface area contributed by atoms with E-state index < -0.39 is 0 Å². The average molecular weight is 267 g/mol. The lowest BCUT2D eigenvalue weighted by atomic mass is 9.98. The number of hydrogen-bond acceptors (Lipinski definition) is 2. The van der Waals surface area contributed by atoms with E-state index in [-0.39, 0.29) is 0 Å². The molecule has 1 aliphatic heterocycles. The molecule has 2 rings (SSSR count). The fourth-order valence-corrected chi connectivity index (χ4v) is 3.02. The third kappa shape index (κ3) is 3.25. The fraction of sp³-hybridized carbons (Fsp3) is 0.600. The zero-order chi connectivity index (χ0) is 13.0. The van der Waals surface area contributed by atoms with Gasteiger partial charge < -0.3 is 5.32 Å². The second kappa shape index (κ2) is 6.55. The van der Waals surface area contributed by atoms with Crippen molar-refractivity contribution < 1.29 is 0 Å². The van der Waals surface area contributed by atoms with Gasteiger partial charge in [-0.2, -0.15) is 0 Å². The van der Waals surface area contributed by atoms with E-state index in [4.69, 9.17) is 11.6 Å². The standard InChI is InChI=1S/C15H23ClN2/c1-3-15(12-4-6-13(16)7-5-12)18-10-8-14(17-2)9-11-18/h4-7,14-15,17H,3,8-11H2,1-2H3. The molecule has 1 fully saturated rings.